The average Bonchev–Trinajstić information content (AvgIpc) is 3.11. The quantitative estimate of drug-likeness (QED) is 0.620. The van der Waals surface area contributed by atoms with Crippen molar-refractivity contribution in [3.63, 3.8) is 0 Å². The van der Waals surface area contributed by atoms with Crippen LogP contribution >= 0.6 is 0 Å². The fourth-order valence-electron chi connectivity index (χ4n) is 2.63. The third kappa shape index (κ3) is 4.77. The minimum atomic E-state index is -0.972. The molecule has 0 aliphatic rings. The molecule has 0 radical (unpaired) electrons. The fraction of sp³-hybridized carbons (Fsp3) is 0.300. The van der Waals surface area contributed by atoms with Gasteiger partial charge in [-0.25, -0.2) is 4.79 Å². The van der Waals surface area contributed by atoms with Gasteiger partial charge in [0.15, 0.2) is 11.7 Å². The number of para-hydroxylation sites is 2. The molecule has 1 heterocycles. The third-order valence-corrected chi connectivity index (χ3v) is 4.21. The molecule has 0 amide bonds. The Morgan fingerprint density at radius 1 is 1.22 bits per heavy atom. The van der Waals surface area contributed by atoms with E-state index in [9.17, 15) is 4.79 Å². The first kappa shape index (κ1) is 18.7. The second-order valence-corrected chi connectivity index (χ2v) is 6.14. The van der Waals surface area contributed by atoms with Gasteiger partial charge in [0, 0.05) is 20.6 Å². The Hall–Kier alpha value is -3.06. The molecule has 0 bridgehead atoms. The summed E-state index contributed by atoms with van der Waals surface area (Å²) in [4.78, 5) is 17.4. The van der Waals surface area contributed by atoms with Crippen LogP contribution in [0.25, 0.3) is 11.1 Å². The fourth-order valence-corrected chi connectivity index (χ4v) is 2.63. The van der Waals surface area contributed by atoms with E-state index in [1.807, 2.05) is 60.5 Å². The van der Waals surface area contributed by atoms with Crippen molar-refractivity contribution in [2.24, 2.45) is 0 Å². The Bertz CT molecular complexity index is 858. The Morgan fingerprint density at radius 3 is 2.63 bits per heavy atom. The molecule has 0 aliphatic heterocycles. The summed E-state index contributed by atoms with van der Waals surface area (Å²) in [6.45, 7) is 1.07. The van der Waals surface area contributed by atoms with Gasteiger partial charge in [-0.3, -0.25) is 0 Å². The van der Waals surface area contributed by atoms with Gasteiger partial charge in [0.1, 0.15) is 17.9 Å². The number of nitrogens with zero attached hydrogens (tertiary/aromatic N) is 2. The van der Waals surface area contributed by atoms with Crippen LogP contribution < -0.4 is 9.64 Å². The summed E-state index contributed by atoms with van der Waals surface area (Å²) < 4.78 is 16.4. The lowest BCUT2D eigenvalue weighted by Crippen LogP contribution is -2.25. The van der Waals surface area contributed by atoms with E-state index in [1.54, 1.807) is 0 Å². The maximum Gasteiger partial charge on any atom is 0.333 e. The van der Waals surface area contributed by atoms with Crippen LogP contribution in [0.1, 0.15) is 5.56 Å². The zero-order valence-corrected chi connectivity index (χ0v) is 15.3. The van der Waals surface area contributed by atoms with E-state index >= 15 is 0 Å². The first-order valence-electron chi connectivity index (χ1n) is 8.61. The molecule has 2 aromatic carbocycles. The number of rotatable bonds is 9. The van der Waals surface area contributed by atoms with Crippen LogP contribution in [-0.4, -0.2) is 49.5 Å². The van der Waals surface area contributed by atoms with Gasteiger partial charge in [-0.1, -0.05) is 24.3 Å². The van der Waals surface area contributed by atoms with E-state index in [4.69, 9.17) is 19.0 Å². The predicted molar refractivity (Wildman–Crippen MR) is 101 cm³/mol. The van der Waals surface area contributed by atoms with Crippen LogP contribution in [-0.2, 0) is 16.0 Å². The van der Waals surface area contributed by atoms with E-state index < -0.39 is 12.1 Å². The molecule has 7 heteroatoms. The largest absolute Gasteiger partial charge is 0.492 e. The Labute approximate surface area is 157 Å². The molecule has 27 heavy (non-hydrogen) atoms. The smallest absolute Gasteiger partial charge is 0.333 e. The average molecular weight is 370 g/mol. The molecule has 0 unspecified atom stereocenters. The number of carboxylic acids is 1. The lowest BCUT2D eigenvalue weighted by molar-refractivity contribution is -0.148. The van der Waals surface area contributed by atoms with Gasteiger partial charge in [-0.05, 0) is 29.8 Å². The Balaban J connectivity index is 1.50. The number of likely N-dealkylation sites (N-methyl/N-ethyl adjacent to an activating group) is 1. The van der Waals surface area contributed by atoms with Gasteiger partial charge < -0.3 is 23.9 Å². The molecule has 0 fully saturated rings. The molecular formula is C20H22N2O5. The van der Waals surface area contributed by atoms with E-state index in [0.717, 1.165) is 16.7 Å². The van der Waals surface area contributed by atoms with Crippen LogP contribution in [0.3, 0.4) is 0 Å². The number of hydrogen-bond acceptors (Lipinski definition) is 6. The SMILES string of the molecule is CO[C@@H](Cc1ccc(OCCN(C)c2nc3ccccc3o2)cc1)C(=O)O. The molecule has 0 spiro atoms. The number of carboxylic acid groups (broad SMARTS) is 1. The summed E-state index contributed by atoms with van der Waals surface area (Å²) in [7, 11) is 3.29. The van der Waals surface area contributed by atoms with Gasteiger partial charge in [-0.15, -0.1) is 0 Å². The zero-order valence-electron chi connectivity index (χ0n) is 15.3. The van der Waals surface area contributed by atoms with Crippen molar-refractivity contribution in [1.29, 1.82) is 0 Å². The molecule has 1 N–H and O–H groups in total. The van der Waals surface area contributed by atoms with Gasteiger partial charge in [0.2, 0.25) is 0 Å². The summed E-state index contributed by atoms with van der Waals surface area (Å²) in [5.74, 6) is -0.255. The molecule has 1 aromatic heterocycles. The highest BCUT2D eigenvalue weighted by Crippen LogP contribution is 2.20. The Morgan fingerprint density at radius 2 is 1.96 bits per heavy atom. The standard InChI is InChI=1S/C20H22N2O5/c1-22(20-21-16-5-3-4-6-17(16)27-20)11-12-26-15-9-7-14(8-10-15)13-18(25-2)19(23)24/h3-10,18H,11-13H2,1-2H3,(H,23,24)/t18-/m0/s1. The van der Waals surface area contributed by atoms with Crippen molar-refractivity contribution < 1.29 is 23.8 Å². The number of oxazole rings is 1. The number of anilines is 1. The summed E-state index contributed by atoms with van der Waals surface area (Å²) >= 11 is 0. The van der Waals surface area contributed by atoms with Gasteiger partial charge in [-0.2, -0.15) is 4.98 Å². The van der Waals surface area contributed by atoms with Crippen molar-refractivity contribution in [2.45, 2.75) is 12.5 Å². The predicted octanol–water partition coefficient (Wildman–Crippen LogP) is 2.99. The minimum absolute atomic E-state index is 0.312. The van der Waals surface area contributed by atoms with Crippen molar-refractivity contribution in [1.82, 2.24) is 4.98 Å². The number of methoxy groups -OCH3 is 1. The van der Waals surface area contributed by atoms with Crippen LogP contribution in [0, 0.1) is 0 Å². The zero-order chi connectivity index (χ0) is 19.2. The first-order valence-corrected chi connectivity index (χ1v) is 8.61. The second kappa shape index (κ2) is 8.55. The highest BCUT2D eigenvalue weighted by Gasteiger charge is 2.16. The van der Waals surface area contributed by atoms with E-state index in [2.05, 4.69) is 4.98 Å². The molecule has 1 atom stereocenters. The maximum atomic E-state index is 11.0. The highest BCUT2D eigenvalue weighted by molar-refractivity contribution is 5.74. The van der Waals surface area contributed by atoms with Crippen LogP contribution in [0.4, 0.5) is 6.01 Å². The maximum absolute atomic E-state index is 11.0. The summed E-state index contributed by atoms with van der Waals surface area (Å²) in [5.41, 5.74) is 2.46. The summed E-state index contributed by atoms with van der Waals surface area (Å²) in [6, 6.07) is 15.5. The van der Waals surface area contributed by atoms with E-state index in [-0.39, 0.29) is 0 Å². The van der Waals surface area contributed by atoms with E-state index in [1.165, 1.54) is 7.11 Å². The highest BCUT2D eigenvalue weighted by atomic mass is 16.5. The number of aliphatic carboxylic acids is 1. The minimum Gasteiger partial charge on any atom is -0.492 e. The molecule has 7 nitrogen and oxygen atoms in total. The van der Waals surface area contributed by atoms with Crippen molar-refractivity contribution >= 4 is 23.1 Å². The van der Waals surface area contributed by atoms with Crippen molar-refractivity contribution in [3.05, 3.63) is 54.1 Å². The monoisotopic (exact) mass is 370 g/mol. The number of aromatic nitrogens is 1. The number of carbonyl (C=O) groups is 1. The number of fused-ring (bicyclic) bond motifs is 1. The number of hydrogen-bond donors (Lipinski definition) is 1. The third-order valence-electron chi connectivity index (χ3n) is 4.21. The number of benzene rings is 2. The Kier molecular flexibility index (Phi) is 5.93. The van der Waals surface area contributed by atoms with Gasteiger partial charge in [0.25, 0.3) is 6.01 Å². The van der Waals surface area contributed by atoms with Crippen LogP contribution in [0.2, 0.25) is 0 Å². The molecule has 0 saturated carbocycles. The van der Waals surface area contributed by atoms with Gasteiger partial charge in [0.05, 0.1) is 6.54 Å². The lowest BCUT2D eigenvalue weighted by Gasteiger charge is -2.15. The molecule has 0 aliphatic carbocycles. The van der Waals surface area contributed by atoms with E-state index in [0.29, 0.717) is 31.3 Å². The van der Waals surface area contributed by atoms with Gasteiger partial charge >= 0.3 is 5.97 Å². The first-order chi connectivity index (χ1) is 13.1. The molecular weight excluding hydrogens is 348 g/mol. The van der Waals surface area contributed by atoms with Crippen LogP contribution in [0.5, 0.6) is 5.75 Å². The number of ether oxygens (including phenoxy) is 2. The van der Waals surface area contributed by atoms with Crippen LogP contribution in [0.15, 0.2) is 52.9 Å². The van der Waals surface area contributed by atoms with Crippen molar-refractivity contribution in [2.75, 3.05) is 32.2 Å². The lowest BCUT2D eigenvalue weighted by atomic mass is 10.1. The molecule has 3 rings (SSSR count). The molecule has 142 valence electrons. The topological polar surface area (TPSA) is 85.0 Å². The second-order valence-electron chi connectivity index (χ2n) is 6.14. The molecule has 0 saturated heterocycles. The summed E-state index contributed by atoms with van der Waals surface area (Å²) in [6.07, 6.45) is -0.534. The summed E-state index contributed by atoms with van der Waals surface area (Å²) in [5, 5.41) is 9.03. The normalized spacial score (nSPS) is 12.1. The van der Waals surface area contributed by atoms with Crippen molar-refractivity contribution in [3.8, 4) is 5.75 Å². The molecule has 3 aromatic rings.